The van der Waals surface area contributed by atoms with Crippen LogP contribution in [0.25, 0.3) is 0 Å². The maximum atomic E-state index is 10.8. The van der Waals surface area contributed by atoms with Gasteiger partial charge < -0.3 is 10.4 Å². The molecule has 0 spiro atoms. The molecular weight excluding hydrogens is 198 g/mol. The molecular formula is C14H23NO. The molecule has 2 nitrogen and oxygen atoms in total. The summed E-state index contributed by atoms with van der Waals surface area (Å²) in [5.74, 6) is 0.650. The van der Waals surface area contributed by atoms with Gasteiger partial charge in [0.05, 0.1) is 5.60 Å². The van der Waals surface area contributed by atoms with Crippen molar-refractivity contribution in [1.82, 2.24) is 5.32 Å². The van der Waals surface area contributed by atoms with E-state index < -0.39 is 5.60 Å². The molecule has 0 bridgehead atoms. The van der Waals surface area contributed by atoms with Gasteiger partial charge in [-0.05, 0) is 32.2 Å². The fourth-order valence-electron chi connectivity index (χ4n) is 3.03. The number of rotatable bonds is 2. The molecule has 2 N–H and O–H groups in total. The second-order valence-corrected chi connectivity index (χ2v) is 5.38. The van der Waals surface area contributed by atoms with Crippen molar-refractivity contribution in [2.24, 2.45) is 11.8 Å². The van der Waals surface area contributed by atoms with Crippen LogP contribution in [0.1, 0.15) is 33.1 Å². The van der Waals surface area contributed by atoms with Gasteiger partial charge in [0.1, 0.15) is 0 Å². The van der Waals surface area contributed by atoms with Crippen LogP contribution in [-0.2, 0) is 0 Å². The fourth-order valence-corrected chi connectivity index (χ4v) is 3.03. The summed E-state index contributed by atoms with van der Waals surface area (Å²) in [7, 11) is 0. The minimum Gasteiger partial charge on any atom is -0.388 e. The summed E-state index contributed by atoms with van der Waals surface area (Å²) in [6.45, 7) is 5.21. The lowest BCUT2D eigenvalue weighted by molar-refractivity contribution is -0.0371. The first kappa shape index (κ1) is 11.9. The van der Waals surface area contributed by atoms with Gasteiger partial charge in [-0.1, -0.05) is 37.6 Å². The molecule has 4 atom stereocenters. The first-order chi connectivity index (χ1) is 7.62. The summed E-state index contributed by atoms with van der Waals surface area (Å²) in [6.07, 6.45) is 12.0. The zero-order chi connectivity index (χ0) is 11.6. The molecule has 3 unspecified atom stereocenters. The molecule has 90 valence electrons. The molecule has 0 saturated carbocycles. The van der Waals surface area contributed by atoms with Crippen molar-refractivity contribution in [1.29, 1.82) is 0 Å². The third kappa shape index (κ3) is 2.23. The zero-order valence-corrected chi connectivity index (χ0v) is 10.3. The predicted octanol–water partition coefficient (Wildman–Crippen LogP) is 2.26. The Kier molecular flexibility index (Phi) is 3.50. The molecule has 16 heavy (non-hydrogen) atoms. The number of nitrogens with one attached hydrogen (secondary N) is 1. The van der Waals surface area contributed by atoms with Crippen LogP contribution in [0, 0.1) is 11.8 Å². The van der Waals surface area contributed by atoms with Crippen molar-refractivity contribution in [2.75, 3.05) is 6.54 Å². The first-order valence-corrected chi connectivity index (χ1v) is 6.43. The molecule has 0 radical (unpaired) electrons. The molecule has 0 aromatic rings. The smallest absolute Gasteiger partial charge is 0.0839 e. The standard InChI is InChI=1S/C14H23NO/c1-11-7-3-4-8-12(11)14(2,16)13-9-5-6-10-15-13/h3-4,7-8,11-13,15-16H,5-6,9-10H2,1-2H3/t11?,12?,13-,14?/m0/s1. The average molecular weight is 221 g/mol. The Morgan fingerprint density at radius 1 is 1.25 bits per heavy atom. The predicted molar refractivity (Wildman–Crippen MR) is 67.2 cm³/mol. The Morgan fingerprint density at radius 2 is 2.00 bits per heavy atom. The van der Waals surface area contributed by atoms with E-state index in [2.05, 4.69) is 36.5 Å². The molecule has 2 rings (SSSR count). The van der Waals surface area contributed by atoms with E-state index in [0.29, 0.717) is 5.92 Å². The van der Waals surface area contributed by atoms with Crippen LogP contribution in [0.5, 0.6) is 0 Å². The molecule has 1 heterocycles. The monoisotopic (exact) mass is 221 g/mol. The minimum absolute atomic E-state index is 0.230. The second-order valence-electron chi connectivity index (χ2n) is 5.38. The fraction of sp³-hybridized carbons (Fsp3) is 0.714. The molecule has 0 aromatic heterocycles. The maximum absolute atomic E-state index is 10.8. The van der Waals surface area contributed by atoms with Crippen LogP contribution < -0.4 is 5.32 Å². The van der Waals surface area contributed by atoms with Crippen LogP contribution in [0.3, 0.4) is 0 Å². The van der Waals surface area contributed by atoms with Crippen molar-refractivity contribution < 1.29 is 5.11 Å². The molecule has 1 aliphatic carbocycles. The van der Waals surface area contributed by atoms with E-state index in [1.54, 1.807) is 0 Å². The van der Waals surface area contributed by atoms with E-state index in [9.17, 15) is 5.11 Å². The largest absolute Gasteiger partial charge is 0.388 e. The number of hydrogen-bond donors (Lipinski definition) is 2. The highest BCUT2D eigenvalue weighted by Gasteiger charge is 2.40. The van der Waals surface area contributed by atoms with Crippen LogP contribution in [-0.4, -0.2) is 23.3 Å². The third-order valence-electron chi connectivity index (χ3n) is 4.10. The van der Waals surface area contributed by atoms with Gasteiger partial charge in [-0.2, -0.15) is 0 Å². The summed E-state index contributed by atoms with van der Waals surface area (Å²) in [4.78, 5) is 0. The summed E-state index contributed by atoms with van der Waals surface area (Å²) in [5, 5.41) is 14.3. The van der Waals surface area contributed by atoms with Crippen LogP contribution in [0.4, 0.5) is 0 Å². The van der Waals surface area contributed by atoms with E-state index in [1.807, 2.05) is 6.92 Å². The maximum Gasteiger partial charge on any atom is 0.0839 e. The Labute approximate surface area is 98.4 Å². The van der Waals surface area contributed by atoms with Crippen LogP contribution in [0.15, 0.2) is 24.3 Å². The van der Waals surface area contributed by atoms with E-state index >= 15 is 0 Å². The lowest BCUT2D eigenvalue weighted by atomic mass is 9.72. The molecule has 1 saturated heterocycles. The normalized spacial score (nSPS) is 38.3. The van der Waals surface area contributed by atoms with Crippen molar-refractivity contribution in [3.63, 3.8) is 0 Å². The Hall–Kier alpha value is -0.600. The highest BCUT2D eigenvalue weighted by Crippen LogP contribution is 2.34. The molecule has 0 amide bonds. The van der Waals surface area contributed by atoms with E-state index in [0.717, 1.165) is 13.0 Å². The number of aliphatic hydroxyl groups is 1. The number of allylic oxidation sites excluding steroid dienone is 3. The molecule has 0 aromatic carbocycles. The lowest BCUT2D eigenvalue weighted by Crippen LogP contribution is -2.56. The van der Waals surface area contributed by atoms with Gasteiger partial charge in [-0.3, -0.25) is 0 Å². The lowest BCUT2D eigenvalue weighted by Gasteiger charge is -2.43. The van der Waals surface area contributed by atoms with Crippen LogP contribution >= 0.6 is 0 Å². The summed E-state index contributed by atoms with van der Waals surface area (Å²) in [6, 6.07) is 0.241. The topological polar surface area (TPSA) is 32.3 Å². The van der Waals surface area contributed by atoms with Crippen LogP contribution in [0.2, 0.25) is 0 Å². The molecule has 1 aliphatic heterocycles. The van der Waals surface area contributed by atoms with Crippen molar-refractivity contribution in [2.45, 2.75) is 44.8 Å². The van der Waals surface area contributed by atoms with Gasteiger partial charge in [0.15, 0.2) is 0 Å². The molecule has 1 fully saturated rings. The quantitative estimate of drug-likeness (QED) is 0.749. The van der Waals surface area contributed by atoms with Gasteiger partial charge >= 0.3 is 0 Å². The Morgan fingerprint density at radius 3 is 2.62 bits per heavy atom. The molecule has 2 aliphatic rings. The van der Waals surface area contributed by atoms with Crippen molar-refractivity contribution in [3.05, 3.63) is 24.3 Å². The van der Waals surface area contributed by atoms with E-state index in [-0.39, 0.29) is 12.0 Å². The highest BCUT2D eigenvalue weighted by atomic mass is 16.3. The average Bonchev–Trinajstić information content (AvgIpc) is 2.30. The van der Waals surface area contributed by atoms with E-state index in [1.165, 1.54) is 12.8 Å². The summed E-state index contributed by atoms with van der Waals surface area (Å²) >= 11 is 0. The van der Waals surface area contributed by atoms with Gasteiger partial charge in [0.2, 0.25) is 0 Å². The zero-order valence-electron chi connectivity index (χ0n) is 10.3. The van der Waals surface area contributed by atoms with E-state index in [4.69, 9.17) is 0 Å². The molecule has 2 heteroatoms. The minimum atomic E-state index is -0.638. The van der Waals surface area contributed by atoms with Gasteiger partial charge in [-0.15, -0.1) is 0 Å². The SMILES string of the molecule is CC1C=CC=CC1C(C)(O)[C@@H]1CCCCN1. The van der Waals surface area contributed by atoms with Gasteiger partial charge in [0.25, 0.3) is 0 Å². The third-order valence-corrected chi connectivity index (χ3v) is 4.10. The Bertz CT molecular complexity index is 287. The summed E-state index contributed by atoms with van der Waals surface area (Å²) in [5.41, 5.74) is -0.638. The van der Waals surface area contributed by atoms with Gasteiger partial charge in [-0.25, -0.2) is 0 Å². The summed E-state index contributed by atoms with van der Waals surface area (Å²) < 4.78 is 0. The first-order valence-electron chi connectivity index (χ1n) is 6.43. The number of hydrogen-bond acceptors (Lipinski definition) is 2. The highest BCUT2D eigenvalue weighted by molar-refractivity contribution is 5.18. The van der Waals surface area contributed by atoms with Crippen molar-refractivity contribution in [3.8, 4) is 0 Å². The number of piperidine rings is 1. The van der Waals surface area contributed by atoms with Gasteiger partial charge in [0, 0.05) is 12.0 Å². The Balaban J connectivity index is 2.10. The second kappa shape index (κ2) is 4.72. The van der Waals surface area contributed by atoms with Crippen molar-refractivity contribution >= 4 is 0 Å².